The normalized spacial score (nSPS) is 16.1. The van der Waals surface area contributed by atoms with Crippen LogP contribution in [0.5, 0.6) is 0 Å². The second kappa shape index (κ2) is 3.50. The Hall–Kier alpha value is -0.830. The van der Waals surface area contributed by atoms with Crippen molar-refractivity contribution in [2.45, 2.75) is 25.1 Å². The molecule has 2 rings (SSSR count). The number of anilines is 1. The molecule has 1 aromatic rings. The molecule has 1 aromatic heterocycles. The fourth-order valence-corrected chi connectivity index (χ4v) is 1.45. The first-order valence-corrected chi connectivity index (χ1v) is 4.99. The first-order chi connectivity index (χ1) is 6.29. The van der Waals surface area contributed by atoms with Gasteiger partial charge < -0.3 is 5.73 Å². The second-order valence-corrected chi connectivity index (χ2v) is 3.75. The number of alkyl halides is 1. The molecule has 0 saturated heterocycles. The molecule has 0 atom stereocenters. The Morgan fingerprint density at radius 3 is 2.85 bits per heavy atom. The monoisotopic (exact) mass is 197 g/mol. The van der Waals surface area contributed by atoms with Crippen LogP contribution in [-0.2, 0) is 12.3 Å². The molecule has 1 fully saturated rings. The third-order valence-corrected chi connectivity index (χ3v) is 2.55. The maximum atomic E-state index is 5.69. The Morgan fingerprint density at radius 2 is 2.31 bits per heavy atom. The number of aromatic nitrogens is 2. The van der Waals surface area contributed by atoms with Crippen LogP contribution in [0.3, 0.4) is 0 Å². The molecule has 3 nitrogen and oxygen atoms in total. The molecule has 0 amide bonds. The van der Waals surface area contributed by atoms with Crippen molar-refractivity contribution in [1.82, 2.24) is 9.97 Å². The third kappa shape index (κ3) is 2.10. The van der Waals surface area contributed by atoms with Gasteiger partial charge in [0.05, 0.1) is 5.88 Å². The van der Waals surface area contributed by atoms with Crippen LogP contribution in [0.1, 0.15) is 24.2 Å². The second-order valence-electron chi connectivity index (χ2n) is 3.48. The molecule has 0 spiro atoms. The molecule has 0 aromatic carbocycles. The van der Waals surface area contributed by atoms with Gasteiger partial charge in [-0.25, -0.2) is 9.97 Å². The summed E-state index contributed by atoms with van der Waals surface area (Å²) in [5.41, 5.74) is 6.51. The number of nitrogen functional groups attached to an aromatic ring is 1. The average molecular weight is 198 g/mol. The Labute approximate surface area is 82.3 Å². The summed E-state index contributed by atoms with van der Waals surface area (Å²) in [5.74, 6) is 2.56. The van der Waals surface area contributed by atoms with Gasteiger partial charge in [-0.05, 0) is 18.8 Å². The lowest BCUT2D eigenvalue weighted by atomic mass is 10.2. The molecule has 1 aliphatic carbocycles. The van der Waals surface area contributed by atoms with Gasteiger partial charge in [0, 0.05) is 18.2 Å². The largest absolute Gasteiger partial charge is 0.383 e. The molecule has 2 N–H and O–H groups in total. The molecule has 0 bridgehead atoms. The van der Waals surface area contributed by atoms with Crippen LogP contribution >= 0.6 is 11.6 Å². The number of nitrogens with zero attached hydrogens (tertiary/aromatic N) is 2. The van der Waals surface area contributed by atoms with E-state index in [1.807, 2.05) is 0 Å². The van der Waals surface area contributed by atoms with Gasteiger partial charge in [-0.1, -0.05) is 0 Å². The van der Waals surface area contributed by atoms with Crippen LogP contribution in [0.15, 0.2) is 6.20 Å². The van der Waals surface area contributed by atoms with Crippen LogP contribution in [-0.4, -0.2) is 9.97 Å². The molecule has 1 heterocycles. The van der Waals surface area contributed by atoms with E-state index in [0.717, 1.165) is 23.7 Å². The minimum Gasteiger partial charge on any atom is -0.383 e. The van der Waals surface area contributed by atoms with Gasteiger partial charge in [0.25, 0.3) is 0 Å². The summed E-state index contributed by atoms with van der Waals surface area (Å²) >= 11 is 5.64. The van der Waals surface area contributed by atoms with Crippen LogP contribution in [0.25, 0.3) is 0 Å². The van der Waals surface area contributed by atoms with Crippen molar-refractivity contribution in [1.29, 1.82) is 0 Å². The lowest BCUT2D eigenvalue weighted by molar-refractivity contribution is 0.769. The van der Waals surface area contributed by atoms with E-state index in [-0.39, 0.29) is 0 Å². The summed E-state index contributed by atoms with van der Waals surface area (Å²) in [6, 6.07) is 0. The predicted molar refractivity (Wildman–Crippen MR) is 52.4 cm³/mol. The van der Waals surface area contributed by atoms with E-state index in [0.29, 0.717) is 11.7 Å². The molecule has 0 unspecified atom stereocenters. The van der Waals surface area contributed by atoms with E-state index in [1.54, 1.807) is 6.20 Å². The SMILES string of the molecule is Nc1nc(CC2CC2)ncc1CCl. The zero-order chi connectivity index (χ0) is 9.26. The van der Waals surface area contributed by atoms with Crippen LogP contribution in [0.4, 0.5) is 5.82 Å². The Bertz CT molecular complexity index is 310. The van der Waals surface area contributed by atoms with E-state index in [2.05, 4.69) is 9.97 Å². The number of halogens is 1. The van der Waals surface area contributed by atoms with Gasteiger partial charge in [0.1, 0.15) is 11.6 Å². The lowest BCUT2D eigenvalue weighted by Gasteiger charge is -2.02. The summed E-state index contributed by atoms with van der Waals surface area (Å²) in [4.78, 5) is 8.42. The van der Waals surface area contributed by atoms with E-state index in [1.165, 1.54) is 12.8 Å². The molecule has 70 valence electrons. The quantitative estimate of drug-likeness (QED) is 0.752. The molecular formula is C9H12ClN3. The highest BCUT2D eigenvalue weighted by atomic mass is 35.5. The standard InChI is InChI=1S/C9H12ClN3/c10-4-7-5-12-8(13-9(7)11)3-6-1-2-6/h5-6H,1-4H2,(H2,11,12,13). The lowest BCUT2D eigenvalue weighted by Crippen LogP contribution is -2.03. The number of nitrogens with two attached hydrogens (primary N) is 1. The topological polar surface area (TPSA) is 51.8 Å². The van der Waals surface area contributed by atoms with Gasteiger partial charge >= 0.3 is 0 Å². The molecular weight excluding hydrogens is 186 g/mol. The molecule has 1 aliphatic rings. The van der Waals surface area contributed by atoms with Gasteiger partial charge in [-0.15, -0.1) is 11.6 Å². The van der Waals surface area contributed by atoms with Crippen molar-refractivity contribution < 1.29 is 0 Å². The van der Waals surface area contributed by atoms with Crippen molar-refractivity contribution in [3.05, 3.63) is 17.6 Å². The van der Waals surface area contributed by atoms with Gasteiger partial charge in [0.2, 0.25) is 0 Å². The summed E-state index contributed by atoms with van der Waals surface area (Å²) in [5, 5.41) is 0. The fraction of sp³-hybridized carbons (Fsp3) is 0.556. The summed E-state index contributed by atoms with van der Waals surface area (Å²) in [7, 11) is 0. The van der Waals surface area contributed by atoms with E-state index >= 15 is 0 Å². The van der Waals surface area contributed by atoms with Gasteiger partial charge in [-0.2, -0.15) is 0 Å². The molecule has 13 heavy (non-hydrogen) atoms. The zero-order valence-corrected chi connectivity index (χ0v) is 8.09. The highest BCUT2D eigenvalue weighted by Gasteiger charge is 2.22. The maximum Gasteiger partial charge on any atom is 0.131 e. The smallest absolute Gasteiger partial charge is 0.131 e. The van der Waals surface area contributed by atoms with Gasteiger partial charge in [0.15, 0.2) is 0 Å². The van der Waals surface area contributed by atoms with Crippen molar-refractivity contribution in [2.24, 2.45) is 5.92 Å². The van der Waals surface area contributed by atoms with E-state index < -0.39 is 0 Å². The van der Waals surface area contributed by atoms with Crippen LogP contribution < -0.4 is 5.73 Å². The predicted octanol–water partition coefficient (Wildman–Crippen LogP) is 1.75. The van der Waals surface area contributed by atoms with Crippen molar-refractivity contribution in [3.63, 3.8) is 0 Å². The fourth-order valence-electron chi connectivity index (χ4n) is 1.24. The first-order valence-electron chi connectivity index (χ1n) is 4.46. The number of hydrogen-bond acceptors (Lipinski definition) is 3. The Kier molecular flexibility index (Phi) is 2.36. The molecule has 0 radical (unpaired) electrons. The summed E-state index contributed by atoms with van der Waals surface area (Å²) in [6.07, 6.45) is 5.31. The first kappa shape index (κ1) is 8.75. The van der Waals surface area contributed by atoms with Crippen molar-refractivity contribution >= 4 is 17.4 Å². The average Bonchev–Trinajstić information content (AvgIpc) is 2.89. The zero-order valence-electron chi connectivity index (χ0n) is 7.33. The summed E-state index contributed by atoms with van der Waals surface area (Å²) in [6.45, 7) is 0. The minimum absolute atomic E-state index is 0.384. The Balaban J connectivity index is 2.13. The van der Waals surface area contributed by atoms with Crippen LogP contribution in [0, 0.1) is 5.92 Å². The van der Waals surface area contributed by atoms with Crippen molar-refractivity contribution in [3.8, 4) is 0 Å². The third-order valence-electron chi connectivity index (χ3n) is 2.26. The van der Waals surface area contributed by atoms with Gasteiger partial charge in [-0.3, -0.25) is 0 Å². The van der Waals surface area contributed by atoms with Crippen LogP contribution in [0.2, 0.25) is 0 Å². The maximum absolute atomic E-state index is 5.69. The molecule has 4 heteroatoms. The number of rotatable bonds is 3. The number of hydrogen-bond donors (Lipinski definition) is 1. The highest BCUT2D eigenvalue weighted by Crippen LogP contribution is 2.31. The molecule has 1 saturated carbocycles. The summed E-state index contributed by atoms with van der Waals surface area (Å²) < 4.78 is 0. The van der Waals surface area contributed by atoms with Crippen molar-refractivity contribution in [2.75, 3.05) is 5.73 Å². The highest BCUT2D eigenvalue weighted by molar-refractivity contribution is 6.17. The van der Waals surface area contributed by atoms with E-state index in [9.17, 15) is 0 Å². The van der Waals surface area contributed by atoms with E-state index in [4.69, 9.17) is 17.3 Å². The minimum atomic E-state index is 0.384. The molecule has 0 aliphatic heterocycles. The Morgan fingerprint density at radius 1 is 1.54 bits per heavy atom.